The Morgan fingerprint density at radius 1 is 1.17 bits per heavy atom. The second kappa shape index (κ2) is 7.81. The maximum atomic E-state index is 10.3. The van der Waals surface area contributed by atoms with Crippen LogP contribution in [0.25, 0.3) is 0 Å². The van der Waals surface area contributed by atoms with Crippen molar-refractivity contribution >= 4 is 0 Å². The van der Waals surface area contributed by atoms with Gasteiger partial charge in [0.1, 0.15) is 18.4 Å². The van der Waals surface area contributed by atoms with Gasteiger partial charge < -0.3 is 9.84 Å². The largest absolute Gasteiger partial charge is 0.491 e. The van der Waals surface area contributed by atoms with Crippen molar-refractivity contribution in [2.75, 3.05) is 19.7 Å². The Morgan fingerprint density at radius 3 is 2.83 bits per heavy atom. The number of nitrogens with zero attached hydrogens (tertiary/aromatic N) is 2. The number of nitriles is 1. The molecule has 0 unspecified atom stereocenters. The van der Waals surface area contributed by atoms with Crippen LogP contribution in [0.3, 0.4) is 0 Å². The second-order valence-electron chi connectivity index (χ2n) is 6.72. The normalized spacial score (nSPS) is 28.4. The summed E-state index contributed by atoms with van der Waals surface area (Å²) >= 11 is 0. The monoisotopic (exact) mass is 314 g/mol. The van der Waals surface area contributed by atoms with Crippen LogP contribution in [0.5, 0.6) is 5.75 Å². The number of aliphatic hydroxyl groups excluding tert-OH is 1. The van der Waals surface area contributed by atoms with Gasteiger partial charge in [0.05, 0.1) is 11.7 Å². The molecule has 23 heavy (non-hydrogen) atoms. The average Bonchev–Trinajstić information content (AvgIpc) is 3.04. The maximum absolute atomic E-state index is 10.3. The predicted molar refractivity (Wildman–Crippen MR) is 89.2 cm³/mol. The van der Waals surface area contributed by atoms with Gasteiger partial charge in [-0.2, -0.15) is 5.26 Å². The van der Waals surface area contributed by atoms with Crippen LogP contribution in [0.15, 0.2) is 24.3 Å². The fourth-order valence-electron chi connectivity index (χ4n) is 4.16. The van der Waals surface area contributed by atoms with Gasteiger partial charge in [-0.3, -0.25) is 4.90 Å². The smallest absolute Gasteiger partial charge is 0.137 e. The number of rotatable bonds is 5. The van der Waals surface area contributed by atoms with Gasteiger partial charge in [0.25, 0.3) is 0 Å². The molecule has 0 radical (unpaired) electrons. The highest BCUT2D eigenvalue weighted by atomic mass is 16.5. The number of hydrogen-bond acceptors (Lipinski definition) is 4. The van der Waals surface area contributed by atoms with E-state index in [2.05, 4.69) is 11.0 Å². The first-order chi connectivity index (χ1) is 11.3. The number of benzene rings is 1. The molecule has 1 aromatic carbocycles. The molecule has 124 valence electrons. The van der Waals surface area contributed by atoms with Gasteiger partial charge in [0.2, 0.25) is 0 Å². The highest BCUT2D eigenvalue weighted by Crippen LogP contribution is 2.34. The van der Waals surface area contributed by atoms with Crippen LogP contribution in [0.2, 0.25) is 0 Å². The number of hydrogen-bond donors (Lipinski definition) is 1. The third kappa shape index (κ3) is 3.85. The molecule has 0 bridgehead atoms. The Morgan fingerprint density at radius 2 is 2.00 bits per heavy atom. The molecule has 1 N–H and O–H groups in total. The molecule has 0 aromatic heterocycles. The Balaban J connectivity index is 1.54. The number of aliphatic hydroxyl groups is 1. The summed E-state index contributed by atoms with van der Waals surface area (Å²) in [6.45, 7) is 2.56. The minimum atomic E-state index is -0.130. The SMILES string of the molecule is N#Cc1ccccc1OCCN1CCC[C@@H]1[C@@H]1CCCC[C@@H]1O. The molecule has 1 saturated carbocycles. The lowest BCUT2D eigenvalue weighted by atomic mass is 9.80. The lowest BCUT2D eigenvalue weighted by Gasteiger charge is -2.37. The Hall–Kier alpha value is -1.57. The second-order valence-corrected chi connectivity index (χ2v) is 6.72. The van der Waals surface area contributed by atoms with Crippen LogP contribution in [0.1, 0.15) is 44.1 Å². The van der Waals surface area contributed by atoms with Crippen molar-refractivity contribution in [1.29, 1.82) is 5.26 Å². The summed E-state index contributed by atoms with van der Waals surface area (Å²) in [6.07, 6.45) is 6.80. The minimum Gasteiger partial charge on any atom is -0.491 e. The van der Waals surface area contributed by atoms with E-state index in [0.717, 1.165) is 25.9 Å². The van der Waals surface area contributed by atoms with E-state index < -0.39 is 0 Å². The van der Waals surface area contributed by atoms with Crippen molar-refractivity contribution in [2.24, 2.45) is 5.92 Å². The molecule has 1 saturated heterocycles. The molecular formula is C19H26N2O2. The molecule has 3 atom stereocenters. The van der Waals surface area contributed by atoms with Crippen LogP contribution in [0, 0.1) is 17.2 Å². The quantitative estimate of drug-likeness (QED) is 0.908. The van der Waals surface area contributed by atoms with E-state index in [1.165, 1.54) is 25.7 Å². The van der Waals surface area contributed by atoms with Gasteiger partial charge in [-0.05, 0) is 44.4 Å². The molecule has 0 amide bonds. The lowest BCUT2D eigenvalue weighted by molar-refractivity contribution is 0.0193. The molecule has 1 heterocycles. The number of para-hydroxylation sites is 1. The third-order valence-electron chi connectivity index (χ3n) is 5.33. The van der Waals surface area contributed by atoms with E-state index in [1.54, 1.807) is 6.07 Å². The predicted octanol–water partition coefficient (Wildman–Crippen LogP) is 2.95. The van der Waals surface area contributed by atoms with Crippen molar-refractivity contribution in [2.45, 2.75) is 50.7 Å². The molecule has 4 heteroatoms. The third-order valence-corrected chi connectivity index (χ3v) is 5.33. The first-order valence-electron chi connectivity index (χ1n) is 8.83. The van der Waals surface area contributed by atoms with Crippen LogP contribution >= 0.6 is 0 Å². The molecular weight excluding hydrogens is 288 g/mol. The number of likely N-dealkylation sites (tertiary alicyclic amines) is 1. The van der Waals surface area contributed by atoms with Gasteiger partial charge in [-0.25, -0.2) is 0 Å². The van der Waals surface area contributed by atoms with Crippen molar-refractivity contribution in [3.05, 3.63) is 29.8 Å². The Kier molecular flexibility index (Phi) is 5.53. The standard InChI is InChI=1S/C19H26N2O2/c20-14-15-6-1-4-10-19(15)23-13-12-21-11-5-8-17(21)16-7-2-3-9-18(16)22/h1,4,6,10,16-18,22H,2-3,5,7-9,11-13H2/t16-,17+,18-/m0/s1. The fourth-order valence-corrected chi connectivity index (χ4v) is 4.16. The van der Waals surface area contributed by atoms with Crippen LogP contribution in [-0.2, 0) is 0 Å². The van der Waals surface area contributed by atoms with Gasteiger partial charge in [-0.15, -0.1) is 0 Å². The lowest BCUT2D eigenvalue weighted by Crippen LogP contribution is -2.43. The Labute approximate surface area is 138 Å². The minimum absolute atomic E-state index is 0.130. The van der Waals surface area contributed by atoms with Crippen molar-refractivity contribution in [3.8, 4) is 11.8 Å². The molecule has 0 spiro atoms. The van der Waals surface area contributed by atoms with Gasteiger partial charge in [0, 0.05) is 18.5 Å². The van der Waals surface area contributed by atoms with Crippen LogP contribution in [-0.4, -0.2) is 41.8 Å². The van der Waals surface area contributed by atoms with Gasteiger partial charge in [0.15, 0.2) is 0 Å². The summed E-state index contributed by atoms with van der Waals surface area (Å²) in [4.78, 5) is 2.48. The van der Waals surface area contributed by atoms with Gasteiger partial charge in [-0.1, -0.05) is 25.0 Å². The summed E-state index contributed by atoms with van der Waals surface area (Å²) in [5.41, 5.74) is 0.591. The summed E-state index contributed by atoms with van der Waals surface area (Å²) in [7, 11) is 0. The van der Waals surface area contributed by atoms with Crippen molar-refractivity contribution in [1.82, 2.24) is 4.90 Å². The summed E-state index contributed by atoms with van der Waals surface area (Å²) in [5.74, 6) is 1.10. The van der Waals surface area contributed by atoms with Crippen molar-refractivity contribution < 1.29 is 9.84 Å². The molecule has 1 aliphatic heterocycles. The Bertz CT molecular complexity index is 555. The highest BCUT2D eigenvalue weighted by Gasteiger charge is 2.36. The molecule has 2 fully saturated rings. The summed E-state index contributed by atoms with van der Waals surface area (Å²) < 4.78 is 5.83. The first-order valence-corrected chi connectivity index (χ1v) is 8.83. The van der Waals surface area contributed by atoms with Gasteiger partial charge >= 0.3 is 0 Å². The molecule has 4 nitrogen and oxygen atoms in total. The zero-order chi connectivity index (χ0) is 16.1. The van der Waals surface area contributed by atoms with E-state index in [9.17, 15) is 5.11 Å². The zero-order valence-corrected chi connectivity index (χ0v) is 13.7. The van der Waals surface area contributed by atoms with Crippen LogP contribution < -0.4 is 4.74 Å². The van der Waals surface area contributed by atoms with Crippen LogP contribution in [0.4, 0.5) is 0 Å². The van der Waals surface area contributed by atoms with E-state index >= 15 is 0 Å². The molecule has 3 rings (SSSR count). The zero-order valence-electron chi connectivity index (χ0n) is 13.7. The molecule has 1 aromatic rings. The maximum Gasteiger partial charge on any atom is 0.137 e. The van der Waals surface area contributed by atoms with E-state index in [0.29, 0.717) is 29.9 Å². The summed E-state index contributed by atoms with van der Waals surface area (Å²) in [6, 6.07) is 10.1. The van der Waals surface area contributed by atoms with E-state index in [1.807, 2.05) is 18.2 Å². The molecule has 2 aliphatic rings. The molecule has 1 aliphatic carbocycles. The first kappa shape index (κ1) is 16.3. The van der Waals surface area contributed by atoms with E-state index in [4.69, 9.17) is 10.00 Å². The highest BCUT2D eigenvalue weighted by molar-refractivity contribution is 5.42. The topological polar surface area (TPSA) is 56.5 Å². The van der Waals surface area contributed by atoms with Crippen molar-refractivity contribution in [3.63, 3.8) is 0 Å². The summed E-state index contributed by atoms with van der Waals surface area (Å²) in [5, 5.41) is 19.4. The fraction of sp³-hybridized carbons (Fsp3) is 0.632. The average molecular weight is 314 g/mol. The van der Waals surface area contributed by atoms with E-state index in [-0.39, 0.29) is 6.10 Å². The number of ether oxygens (including phenoxy) is 1.